The number of thiocarbonyl (C=S) groups is 1. The molecule has 0 saturated heterocycles. The van der Waals surface area contributed by atoms with Gasteiger partial charge >= 0.3 is 0 Å². The molecule has 1 aromatic rings. The molecule has 20 heavy (non-hydrogen) atoms. The first-order valence-corrected chi connectivity index (χ1v) is 7.13. The van der Waals surface area contributed by atoms with Crippen molar-refractivity contribution in [3.63, 3.8) is 0 Å². The first-order chi connectivity index (χ1) is 9.63. The van der Waals surface area contributed by atoms with E-state index in [-0.39, 0.29) is 11.0 Å². The highest BCUT2D eigenvalue weighted by atomic mass is 32.1. The summed E-state index contributed by atoms with van der Waals surface area (Å²) in [5.74, 6) is 0.465. The molecule has 0 fully saturated rings. The summed E-state index contributed by atoms with van der Waals surface area (Å²) >= 11 is 4.59. The van der Waals surface area contributed by atoms with Crippen LogP contribution in [-0.2, 0) is 0 Å². The van der Waals surface area contributed by atoms with Crippen molar-refractivity contribution in [2.45, 2.75) is 32.6 Å². The number of hydrogen-bond acceptors (Lipinski definition) is 3. The minimum Gasteiger partial charge on any atom is -0.494 e. The van der Waals surface area contributed by atoms with Gasteiger partial charge in [-0.05, 0) is 42.9 Å². The second-order valence-corrected chi connectivity index (χ2v) is 4.82. The normalized spacial score (nSPS) is 9.85. The predicted octanol–water partition coefficient (Wildman–Crippen LogP) is 2.12. The Balaban J connectivity index is 2.36. The van der Waals surface area contributed by atoms with Gasteiger partial charge in [0, 0.05) is 5.56 Å². The third kappa shape index (κ3) is 6.38. The Morgan fingerprint density at radius 3 is 2.50 bits per heavy atom. The van der Waals surface area contributed by atoms with Crippen LogP contribution in [0.15, 0.2) is 24.3 Å². The number of nitrogens with two attached hydrogens (primary N) is 1. The van der Waals surface area contributed by atoms with E-state index in [0.29, 0.717) is 12.2 Å². The Hall–Kier alpha value is -1.82. The number of rotatable bonds is 7. The van der Waals surface area contributed by atoms with Gasteiger partial charge in [-0.1, -0.05) is 26.2 Å². The molecule has 0 spiro atoms. The highest BCUT2D eigenvalue weighted by Crippen LogP contribution is 2.13. The molecule has 0 aliphatic carbocycles. The van der Waals surface area contributed by atoms with Crippen LogP contribution in [0, 0.1) is 0 Å². The molecule has 0 aliphatic rings. The maximum atomic E-state index is 11.7. The van der Waals surface area contributed by atoms with Crippen LogP contribution in [0.4, 0.5) is 0 Å². The summed E-state index contributed by atoms with van der Waals surface area (Å²) in [6.45, 7) is 2.88. The molecule has 0 radical (unpaired) electrons. The SMILES string of the molecule is CCCCCCOc1ccc(C(=O)NNC(N)=S)cc1. The van der Waals surface area contributed by atoms with Gasteiger partial charge in [-0.25, -0.2) is 0 Å². The maximum Gasteiger partial charge on any atom is 0.269 e. The van der Waals surface area contributed by atoms with Crippen LogP contribution in [0.3, 0.4) is 0 Å². The van der Waals surface area contributed by atoms with Crippen molar-refractivity contribution in [3.8, 4) is 5.75 Å². The van der Waals surface area contributed by atoms with Crippen molar-refractivity contribution in [2.24, 2.45) is 5.73 Å². The van der Waals surface area contributed by atoms with Gasteiger partial charge in [-0.2, -0.15) is 0 Å². The van der Waals surface area contributed by atoms with Crippen molar-refractivity contribution in [2.75, 3.05) is 6.61 Å². The number of ether oxygens (including phenoxy) is 1. The van der Waals surface area contributed by atoms with E-state index in [1.54, 1.807) is 24.3 Å². The topological polar surface area (TPSA) is 76.4 Å². The van der Waals surface area contributed by atoms with E-state index in [1.807, 2.05) is 0 Å². The zero-order valence-corrected chi connectivity index (χ0v) is 12.5. The maximum absolute atomic E-state index is 11.7. The average Bonchev–Trinajstić information content (AvgIpc) is 2.45. The molecule has 0 aliphatic heterocycles. The fourth-order valence-corrected chi connectivity index (χ4v) is 1.66. The van der Waals surface area contributed by atoms with Gasteiger partial charge in [-0.3, -0.25) is 15.6 Å². The molecule has 110 valence electrons. The van der Waals surface area contributed by atoms with Crippen molar-refractivity contribution in [3.05, 3.63) is 29.8 Å². The van der Waals surface area contributed by atoms with Gasteiger partial charge in [-0.15, -0.1) is 0 Å². The number of hydrazine groups is 1. The lowest BCUT2D eigenvalue weighted by atomic mass is 10.2. The molecule has 0 saturated carbocycles. The molecule has 0 unspecified atom stereocenters. The van der Waals surface area contributed by atoms with E-state index >= 15 is 0 Å². The first-order valence-electron chi connectivity index (χ1n) is 6.72. The van der Waals surface area contributed by atoms with Gasteiger partial charge in [0.2, 0.25) is 0 Å². The molecule has 0 heterocycles. The fraction of sp³-hybridized carbons (Fsp3) is 0.429. The number of nitrogens with one attached hydrogen (secondary N) is 2. The lowest BCUT2D eigenvalue weighted by molar-refractivity contribution is 0.0944. The van der Waals surface area contributed by atoms with Crippen LogP contribution in [0.5, 0.6) is 5.75 Å². The Kier molecular flexibility index (Phi) is 7.42. The molecular formula is C14H21N3O2S. The van der Waals surface area contributed by atoms with Crippen molar-refractivity contribution in [1.82, 2.24) is 10.9 Å². The monoisotopic (exact) mass is 295 g/mol. The summed E-state index contributed by atoms with van der Waals surface area (Å²) in [6.07, 6.45) is 4.68. The second-order valence-electron chi connectivity index (χ2n) is 4.38. The highest BCUT2D eigenvalue weighted by molar-refractivity contribution is 7.80. The van der Waals surface area contributed by atoms with E-state index < -0.39 is 0 Å². The molecule has 6 heteroatoms. The van der Waals surface area contributed by atoms with Crippen LogP contribution in [0.1, 0.15) is 43.0 Å². The van der Waals surface area contributed by atoms with Gasteiger partial charge in [0.05, 0.1) is 6.61 Å². The van der Waals surface area contributed by atoms with Gasteiger partial charge in [0.15, 0.2) is 5.11 Å². The number of amides is 1. The summed E-state index contributed by atoms with van der Waals surface area (Å²) in [4.78, 5) is 11.7. The largest absolute Gasteiger partial charge is 0.494 e. The van der Waals surface area contributed by atoms with Crippen LogP contribution in [0.25, 0.3) is 0 Å². The number of unbranched alkanes of at least 4 members (excludes halogenated alkanes) is 3. The number of carbonyl (C=O) groups excluding carboxylic acids is 1. The Morgan fingerprint density at radius 1 is 1.20 bits per heavy atom. The molecule has 0 bridgehead atoms. The quantitative estimate of drug-likeness (QED) is 0.408. The smallest absolute Gasteiger partial charge is 0.269 e. The minimum atomic E-state index is -0.299. The molecule has 1 rings (SSSR count). The average molecular weight is 295 g/mol. The van der Waals surface area contributed by atoms with Crippen molar-refractivity contribution in [1.29, 1.82) is 0 Å². The van der Waals surface area contributed by atoms with E-state index in [1.165, 1.54) is 19.3 Å². The lowest BCUT2D eigenvalue weighted by Crippen LogP contribution is -2.44. The summed E-state index contributed by atoms with van der Waals surface area (Å²) < 4.78 is 5.60. The number of hydrogen-bond donors (Lipinski definition) is 3. The lowest BCUT2D eigenvalue weighted by Gasteiger charge is -2.08. The zero-order chi connectivity index (χ0) is 14.8. The summed E-state index contributed by atoms with van der Waals surface area (Å²) in [5.41, 5.74) is 10.5. The molecule has 5 nitrogen and oxygen atoms in total. The zero-order valence-electron chi connectivity index (χ0n) is 11.6. The summed E-state index contributed by atoms with van der Waals surface area (Å²) in [7, 11) is 0. The molecule has 0 atom stereocenters. The summed E-state index contributed by atoms with van der Waals surface area (Å²) in [6, 6.07) is 6.93. The molecule has 1 amide bonds. The van der Waals surface area contributed by atoms with Crippen LogP contribution in [0.2, 0.25) is 0 Å². The van der Waals surface area contributed by atoms with Crippen LogP contribution < -0.4 is 21.3 Å². The number of benzene rings is 1. The van der Waals surface area contributed by atoms with Gasteiger partial charge in [0.1, 0.15) is 5.75 Å². The predicted molar refractivity (Wildman–Crippen MR) is 83.5 cm³/mol. The van der Waals surface area contributed by atoms with Gasteiger partial charge < -0.3 is 10.5 Å². The Bertz CT molecular complexity index is 435. The van der Waals surface area contributed by atoms with Crippen molar-refractivity contribution < 1.29 is 9.53 Å². The van der Waals surface area contributed by atoms with Crippen molar-refractivity contribution >= 4 is 23.2 Å². The standard InChI is InChI=1S/C14H21N3O2S/c1-2-3-4-5-10-19-12-8-6-11(7-9-12)13(18)16-17-14(15)20/h6-9H,2-5,10H2,1H3,(H,16,18)(H3,15,17,20). The van der Waals surface area contributed by atoms with Gasteiger partial charge in [0.25, 0.3) is 5.91 Å². The third-order valence-corrected chi connectivity index (χ3v) is 2.78. The molecule has 4 N–H and O–H groups in total. The Morgan fingerprint density at radius 2 is 1.90 bits per heavy atom. The van der Waals surface area contributed by atoms with E-state index in [9.17, 15) is 4.79 Å². The first kappa shape index (κ1) is 16.2. The molecule has 1 aromatic carbocycles. The fourth-order valence-electron chi connectivity index (χ4n) is 1.61. The molecular weight excluding hydrogens is 274 g/mol. The van der Waals surface area contributed by atoms with Crippen LogP contribution >= 0.6 is 12.2 Å². The van der Waals surface area contributed by atoms with E-state index in [2.05, 4.69) is 30.0 Å². The minimum absolute atomic E-state index is 0.0189. The summed E-state index contributed by atoms with van der Waals surface area (Å²) in [5, 5.41) is 0.0189. The third-order valence-electron chi connectivity index (χ3n) is 2.68. The van der Waals surface area contributed by atoms with E-state index in [4.69, 9.17) is 10.5 Å². The van der Waals surface area contributed by atoms with E-state index in [0.717, 1.165) is 12.2 Å². The number of carbonyl (C=O) groups is 1. The highest BCUT2D eigenvalue weighted by Gasteiger charge is 2.05. The Labute approximate surface area is 124 Å². The second kappa shape index (κ2) is 9.14. The molecule has 0 aromatic heterocycles. The van der Waals surface area contributed by atoms with Crippen LogP contribution in [-0.4, -0.2) is 17.6 Å².